The second-order valence-electron chi connectivity index (χ2n) is 8.81. The zero-order valence-electron chi connectivity index (χ0n) is 18.2. The lowest BCUT2D eigenvalue weighted by molar-refractivity contribution is -0.117. The summed E-state index contributed by atoms with van der Waals surface area (Å²) in [6.07, 6.45) is 2.43. The predicted molar refractivity (Wildman–Crippen MR) is 114 cm³/mol. The molecule has 0 spiro atoms. The molecule has 0 aliphatic carbocycles. The first-order chi connectivity index (χ1) is 13.7. The molecule has 0 bridgehead atoms. The van der Waals surface area contributed by atoms with Gasteiger partial charge in [0.05, 0.1) is 22.6 Å². The van der Waals surface area contributed by atoms with Crippen molar-refractivity contribution in [2.45, 2.75) is 53.0 Å². The number of nitrogens with one attached hydrogen (secondary N) is 1. The Morgan fingerprint density at radius 2 is 1.90 bits per heavy atom. The number of benzene rings is 1. The summed E-state index contributed by atoms with van der Waals surface area (Å²) in [5.41, 5.74) is 2.31. The Morgan fingerprint density at radius 1 is 1.21 bits per heavy atom. The Bertz CT molecular complexity index is 886. The first-order valence-corrected chi connectivity index (χ1v) is 10.4. The quantitative estimate of drug-likeness (QED) is 0.601. The lowest BCUT2D eigenvalue weighted by Crippen LogP contribution is -2.55. The van der Waals surface area contributed by atoms with Gasteiger partial charge in [-0.3, -0.25) is 14.5 Å². The molecule has 2 aromatic rings. The highest BCUT2D eigenvalue weighted by atomic mass is 16.2. The fourth-order valence-electron chi connectivity index (χ4n) is 4.13. The van der Waals surface area contributed by atoms with E-state index >= 15 is 0 Å². The van der Waals surface area contributed by atoms with E-state index in [1.807, 2.05) is 37.3 Å². The van der Waals surface area contributed by atoms with Gasteiger partial charge in [-0.25, -0.2) is 4.68 Å². The third kappa shape index (κ3) is 4.58. The molecular weight excluding hydrogens is 364 g/mol. The fourth-order valence-corrected chi connectivity index (χ4v) is 4.13. The van der Waals surface area contributed by atoms with E-state index in [0.29, 0.717) is 29.4 Å². The second kappa shape index (κ2) is 8.49. The summed E-state index contributed by atoms with van der Waals surface area (Å²) in [5.74, 6) is -0.429. The summed E-state index contributed by atoms with van der Waals surface area (Å²) in [6, 6.07) is 9.62. The van der Waals surface area contributed by atoms with Crippen LogP contribution in [-0.4, -0.2) is 51.5 Å². The van der Waals surface area contributed by atoms with Crippen LogP contribution in [-0.2, 0) is 4.79 Å². The summed E-state index contributed by atoms with van der Waals surface area (Å²) in [5, 5.41) is 7.35. The number of hydrogen-bond donors (Lipinski definition) is 1. The Labute approximate surface area is 173 Å². The van der Waals surface area contributed by atoms with Crippen LogP contribution in [0.2, 0.25) is 0 Å². The van der Waals surface area contributed by atoms with Gasteiger partial charge in [0.2, 0.25) is 0 Å². The van der Waals surface area contributed by atoms with Crippen molar-refractivity contribution in [1.29, 1.82) is 0 Å². The minimum absolute atomic E-state index is 0.192. The number of piperidine rings is 1. The van der Waals surface area contributed by atoms with E-state index in [4.69, 9.17) is 0 Å². The monoisotopic (exact) mass is 396 g/mol. The molecule has 1 amide bonds. The topological polar surface area (TPSA) is 67.2 Å². The van der Waals surface area contributed by atoms with Gasteiger partial charge in [-0.2, -0.15) is 5.10 Å². The molecule has 1 aliphatic heterocycles. The van der Waals surface area contributed by atoms with Crippen LogP contribution in [0, 0.1) is 19.8 Å². The summed E-state index contributed by atoms with van der Waals surface area (Å²) in [4.78, 5) is 28.0. The minimum atomic E-state index is -0.568. The van der Waals surface area contributed by atoms with Crippen LogP contribution in [0.5, 0.6) is 0 Å². The van der Waals surface area contributed by atoms with Gasteiger partial charge in [0.15, 0.2) is 0 Å². The van der Waals surface area contributed by atoms with Gasteiger partial charge in [-0.1, -0.05) is 25.1 Å². The van der Waals surface area contributed by atoms with Gasteiger partial charge >= 0.3 is 0 Å². The first-order valence-electron chi connectivity index (χ1n) is 10.4. The van der Waals surface area contributed by atoms with Crippen molar-refractivity contribution in [3.63, 3.8) is 0 Å². The molecule has 1 unspecified atom stereocenters. The van der Waals surface area contributed by atoms with Crippen molar-refractivity contribution in [3.05, 3.63) is 47.3 Å². The average Bonchev–Trinajstić information content (AvgIpc) is 3.00. The molecule has 0 radical (unpaired) electrons. The molecule has 1 aromatic carbocycles. The Balaban J connectivity index is 1.71. The number of aryl methyl sites for hydroxylation is 1. The van der Waals surface area contributed by atoms with Crippen molar-refractivity contribution in [2.24, 2.45) is 5.92 Å². The van der Waals surface area contributed by atoms with Crippen molar-refractivity contribution in [2.75, 3.05) is 19.6 Å². The van der Waals surface area contributed by atoms with Gasteiger partial charge in [-0.05, 0) is 65.1 Å². The fraction of sp³-hybridized carbons (Fsp3) is 0.522. The van der Waals surface area contributed by atoms with Crippen LogP contribution >= 0.6 is 0 Å². The minimum Gasteiger partial charge on any atom is -0.347 e. The lowest BCUT2D eigenvalue weighted by Gasteiger charge is -2.43. The highest BCUT2D eigenvalue weighted by Crippen LogP contribution is 2.23. The molecule has 2 heterocycles. The normalized spacial score (nSPS) is 17.9. The van der Waals surface area contributed by atoms with E-state index < -0.39 is 11.7 Å². The molecule has 29 heavy (non-hydrogen) atoms. The van der Waals surface area contributed by atoms with Crippen LogP contribution in [0.15, 0.2) is 30.3 Å². The molecule has 1 saturated heterocycles. The third-order valence-electron chi connectivity index (χ3n) is 5.92. The SMILES string of the molecule is Cc1nn(-c2ccccc2)c(C)c1C(=O)C(=O)NCC(C)(C)N1CCCC(C)C1. The number of carbonyl (C=O) groups excluding carboxylic acids is 2. The molecule has 1 aliphatic rings. The predicted octanol–water partition coefficient (Wildman–Crippen LogP) is 3.30. The highest BCUT2D eigenvalue weighted by molar-refractivity contribution is 6.43. The molecule has 1 atom stereocenters. The van der Waals surface area contributed by atoms with Crippen LogP contribution < -0.4 is 5.32 Å². The molecule has 6 nitrogen and oxygen atoms in total. The van der Waals surface area contributed by atoms with Crippen LogP contribution in [0.1, 0.15) is 55.4 Å². The number of amides is 1. The van der Waals surface area contributed by atoms with E-state index in [9.17, 15) is 9.59 Å². The maximum atomic E-state index is 12.9. The average molecular weight is 397 g/mol. The largest absolute Gasteiger partial charge is 0.347 e. The molecule has 1 N–H and O–H groups in total. The van der Waals surface area contributed by atoms with Crippen molar-refractivity contribution in [3.8, 4) is 5.69 Å². The van der Waals surface area contributed by atoms with Crippen LogP contribution in [0.4, 0.5) is 0 Å². The summed E-state index contributed by atoms with van der Waals surface area (Å²) in [6.45, 7) is 12.6. The summed E-state index contributed by atoms with van der Waals surface area (Å²) in [7, 11) is 0. The van der Waals surface area contributed by atoms with Crippen molar-refractivity contribution < 1.29 is 9.59 Å². The Hall–Kier alpha value is -2.47. The molecule has 0 saturated carbocycles. The first kappa shape index (κ1) is 21.2. The number of likely N-dealkylation sites (tertiary alicyclic amines) is 1. The maximum absolute atomic E-state index is 12.9. The zero-order chi connectivity index (χ0) is 21.2. The Morgan fingerprint density at radius 3 is 2.55 bits per heavy atom. The van der Waals surface area contributed by atoms with Gasteiger partial charge in [0.1, 0.15) is 0 Å². The zero-order valence-corrected chi connectivity index (χ0v) is 18.2. The molecule has 1 fully saturated rings. The van der Waals surface area contributed by atoms with E-state index in [1.165, 1.54) is 12.8 Å². The number of para-hydroxylation sites is 1. The smallest absolute Gasteiger partial charge is 0.292 e. The van der Waals surface area contributed by atoms with E-state index in [2.05, 4.69) is 36.1 Å². The molecule has 1 aromatic heterocycles. The Kier molecular flexibility index (Phi) is 6.22. The molecular formula is C23H32N4O2. The number of Topliss-reactive ketones (excluding diaryl/α,β-unsaturated/α-hetero) is 1. The van der Waals surface area contributed by atoms with Crippen molar-refractivity contribution >= 4 is 11.7 Å². The van der Waals surface area contributed by atoms with Crippen molar-refractivity contribution in [1.82, 2.24) is 20.0 Å². The van der Waals surface area contributed by atoms with E-state index in [0.717, 1.165) is 18.8 Å². The van der Waals surface area contributed by atoms with E-state index in [1.54, 1.807) is 11.6 Å². The number of hydrogen-bond acceptors (Lipinski definition) is 4. The maximum Gasteiger partial charge on any atom is 0.292 e. The summed E-state index contributed by atoms with van der Waals surface area (Å²) < 4.78 is 1.72. The lowest BCUT2D eigenvalue weighted by atomic mass is 9.93. The number of ketones is 1. The van der Waals surface area contributed by atoms with Crippen LogP contribution in [0.25, 0.3) is 5.69 Å². The molecule has 3 rings (SSSR count). The second-order valence-corrected chi connectivity index (χ2v) is 8.81. The van der Waals surface area contributed by atoms with E-state index in [-0.39, 0.29) is 5.54 Å². The van der Waals surface area contributed by atoms with Crippen LogP contribution in [0.3, 0.4) is 0 Å². The standard InChI is InChI=1S/C23H32N4O2/c1-16-10-9-13-26(14-16)23(4,5)15-24-22(29)21(28)20-17(2)25-27(18(20)3)19-11-7-6-8-12-19/h6-8,11-12,16H,9-10,13-15H2,1-5H3,(H,24,29). The summed E-state index contributed by atoms with van der Waals surface area (Å²) >= 11 is 0. The molecule has 156 valence electrons. The number of carbonyl (C=O) groups is 2. The molecule has 6 heteroatoms. The highest BCUT2D eigenvalue weighted by Gasteiger charge is 2.32. The number of rotatable bonds is 6. The van der Waals surface area contributed by atoms with Gasteiger partial charge < -0.3 is 5.32 Å². The van der Waals surface area contributed by atoms with Gasteiger partial charge in [0, 0.05) is 18.6 Å². The van der Waals surface area contributed by atoms with Gasteiger partial charge in [0.25, 0.3) is 11.7 Å². The number of nitrogens with zero attached hydrogens (tertiary/aromatic N) is 3. The van der Waals surface area contributed by atoms with Gasteiger partial charge in [-0.15, -0.1) is 0 Å². The third-order valence-corrected chi connectivity index (χ3v) is 5.92. The number of aromatic nitrogens is 2.